The van der Waals surface area contributed by atoms with Gasteiger partial charge in [-0.1, -0.05) is 12.1 Å². The van der Waals surface area contributed by atoms with Crippen LogP contribution in [0.5, 0.6) is 5.75 Å². The van der Waals surface area contributed by atoms with Crippen LogP contribution in [0, 0.1) is 5.92 Å². The number of aliphatic carboxylic acids is 1. The van der Waals surface area contributed by atoms with Gasteiger partial charge >= 0.3 is 5.97 Å². The number of para-hydroxylation sites is 1. The van der Waals surface area contributed by atoms with Crippen LogP contribution >= 0.6 is 11.8 Å². The molecule has 3 unspecified atom stereocenters. The molecule has 0 radical (unpaired) electrons. The predicted molar refractivity (Wildman–Crippen MR) is 82.7 cm³/mol. The van der Waals surface area contributed by atoms with Crippen molar-refractivity contribution in [2.24, 2.45) is 5.92 Å². The lowest BCUT2D eigenvalue weighted by atomic mass is 9.85. The van der Waals surface area contributed by atoms with Crippen molar-refractivity contribution in [3.63, 3.8) is 0 Å². The Balaban J connectivity index is 1.58. The third kappa shape index (κ3) is 3.09. The molecule has 1 aromatic carbocycles. The molecule has 1 aromatic rings. The Kier molecular flexibility index (Phi) is 4.33. The van der Waals surface area contributed by atoms with Crippen molar-refractivity contribution >= 4 is 27.8 Å². The van der Waals surface area contributed by atoms with Crippen LogP contribution in [0.3, 0.4) is 0 Å². The first-order valence-electron chi connectivity index (χ1n) is 7.07. The van der Waals surface area contributed by atoms with Crippen LogP contribution in [0.25, 0.3) is 0 Å². The van der Waals surface area contributed by atoms with E-state index in [2.05, 4.69) is 4.72 Å². The maximum Gasteiger partial charge on any atom is 0.307 e. The summed E-state index contributed by atoms with van der Waals surface area (Å²) in [5, 5.41) is 8.15. The van der Waals surface area contributed by atoms with Crippen LogP contribution in [0.4, 0.5) is 0 Å². The molecule has 1 aliphatic carbocycles. The van der Waals surface area contributed by atoms with E-state index in [4.69, 9.17) is 9.84 Å². The Bertz CT molecular complexity index is 676. The average molecular weight is 343 g/mol. The second-order valence-corrected chi connectivity index (χ2v) is 8.50. The van der Waals surface area contributed by atoms with Crippen LogP contribution in [0.1, 0.15) is 12.8 Å². The van der Waals surface area contributed by atoms with Gasteiger partial charge in [0.15, 0.2) is 0 Å². The van der Waals surface area contributed by atoms with Crippen molar-refractivity contribution in [2.75, 3.05) is 12.3 Å². The number of hydrogen-bond donors (Lipinski definition) is 2. The molecule has 0 aromatic heterocycles. The standard InChI is InChI=1S/C14H17NO5S2/c16-14(17)10-5-6-13(10)22(18,19)15-7-9-8-21-12-4-2-1-3-11(12)20-9/h1-4,9-10,13,15H,5-8H2,(H,16,17). The number of carbonyl (C=O) groups is 1. The van der Waals surface area contributed by atoms with Crippen LogP contribution in [0.2, 0.25) is 0 Å². The highest BCUT2D eigenvalue weighted by molar-refractivity contribution is 7.99. The lowest BCUT2D eigenvalue weighted by Crippen LogP contribution is -2.50. The van der Waals surface area contributed by atoms with Gasteiger partial charge in [-0.3, -0.25) is 4.79 Å². The normalized spacial score (nSPS) is 27.4. The minimum Gasteiger partial charge on any atom is -0.487 e. The number of sulfonamides is 1. The van der Waals surface area contributed by atoms with Gasteiger partial charge in [0.25, 0.3) is 0 Å². The SMILES string of the molecule is O=C(O)C1CCC1S(=O)(=O)NCC1CSc2ccccc2O1. The van der Waals surface area contributed by atoms with Crippen LogP contribution < -0.4 is 9.46 Å². The van der Waals surface area contributed by atoms with E-state index in [0.717, 1.165) is 10.6 Å². The number of carboxylic acids is 1. The van der Waals surface area contributed by atoms with E-state index < -0.39 is 27.2 Å². The van der Waals surface area contributed by atoms with E-state index in [1.165, 1.54) is 0 Å². The van der Waals surface area contributed by atoms with Crippen molar-refractivity contribution in [2.45, 2.75) is 29.1 Å². The van der Waals surface area contributed by atoms with Crippen LogP contribution in [0.15, 0.2) is 29.2 Å². The summed E-state index contributed by atoms with van der Waals surface area (Å²) in [6, 6.07) is 7.63. The number of hydrogen-bond acceptors (Lipinski definition) is 5. The molecular weight excluding hydrogens is 326 g/mol. The molecule has 3 rings (SSSR count). The summed E-state index contributed by atoms with van der Waals surface area (Å²) in [5.41, 5.74) is 0. The Morgan fingerprint density at radius 2 is 2.14 bits per heavy atom. The molecule has 2 aliphatic rings. The number of nitrogens with one attached hydrogen (secondary N) is 1. The summed E-state index contributed by atoms with van der Waals surface area (Å²) in [6.07, 6.45) is 0.567. The fourth-order valence-corrected chi connectivity index (χ4v) is 5.35. The Morgan fingerprint density at radius 3 is 2.82 bits per heavy atom. The van der Waals surface area contributed by atoms with E-state index in [0.29, 0.717) is 18.6 Å². The highest BCUT2D eigenvalue weighted by atomic mass is 32.2. The maximum absolute atomic E-state index is 12.2. The molecule has 3 atom stereocenters. The van der Waals surface area contributed by atoms with Crippen molar-refractivity contribution < 1.29 is 23.1 Å². The molecule has 1 heterocycles. The molecule has 0 amide bonds. The smallest absolute Gasteiger partial charge is 0.307 e. The average Bonchev–Trinajstić information content (AvgIpc) is 2.42. The Labute approximate surface area is 133 Å². The predicted octanol–water partition coefficient (Wildman–Crippen LogP) is 1.32. The van der Waals surface area contributed by atoms with Gasteiger partial charge in [-0.25, -0.2) is 13.1 Å². The summed E-state index contributed by atoms with van der Waals surface area (Å²) in [6.45, 7) is 0.159. The summed E-state index contributed by atoms with van der Waals surface area (Å²) >= 11 is 1.63. The number of fused-ring (bicyclic) bond motifs is 1. The van der Waals surface area contributed by atoms with Crippen LogP contribution in [-0.2, 0) is 14.8 Å². The van der Waals surface area contributed by atoms with Gasteiger partial charge in [0, 0.05) is 17.2 Å². The third-order valence-electron chi connectivity index (χ3n) is 4.01. The topological polar surface area (TPSA) is 92.7 Å². The number of carboxylic acid groups (broad SMARTS) is 1. The summed E-state index contributed by atoms with van der Waals surface area (Å²) in [5.74, 6) is -0.415. The van der Waals surface area contributed by atoms with Crippen molar-refractivity contribution in [3.8, 4) is 5.75 Å². The summed E-state index contributed by atoms with van der Waals surface area (Å²) in [4.78, 5) is 12.0. The molecule has 0 bridgehead atoms. The van der Waals surface area contributed by atoms with Crippen LogP contribution in [-0.4, -0.2) is 43.1 Å². The number of rotatable bonds is 5. The second-order valence-electron chi connectivity index (χ2n) is 5.45. The van der Waals surface area contributed by atoms with E-state index in [1.807, 2.05) is 24.3 Å². The van der Waals surface area contributed by atoms with Crippen molar-refractivity contribution in [3.05, 3.63) is 24.3 Å². The number of ether oxygens (including phenoxy) is 1. The largest absolute Gasteiger partial charge is 0.487 e. The molecule has 1 saturated carbocycles. The van der Waals surface area contributed by atoms with Gasteiger partial charge in [0.2, 0.25) is 10.0 Å². The molecule has 0 saturated heterocycles. The quantitative estimate of drug-likeness (QED) is 0.838. The third-order valence-corrected chi connectivity index (χ3v) is 7.12. The second kappa shape index (κ2) is 6.10. The van der Waals surface area contributed by atoms with Gasteiger partial charge in [-0.2, -0.15) is 0 Å². The van der Waals surface area contributed by atoms with E-state index in [9.17, 15) is 13.2 Å². The lowest BCUT2D eigenvalue weighted by molar-refractivity contribution is -0.144. The molecule has 120 valence electrons. The van der Waals surface area contributed by atoms with E-state index in [-0.39, 0.29) is 12.6 Å². The molecule has 2 N–H and O–H groups in total. The fourth-order valence-electron chi connectivity index (χ4n) is 2.60. The van der Waals surface area contributed by atoms with Crippen molar-refractivity contribution in [1.29, 1.82) is 0 Å². The number of thioether (sulfide) groups is 1. The Morgan fingerprint density at radius 1 is 1.36 bits per heavy atom. The molecular formula is C14H17NO5S2. The maximum atomic E-state index is 12.2. The highest BCUT2D eigenvalue weighted by Gasteiger charge is 2.45. The molecule has 22 heavy (non-hydrogen) atoms. The number of benzene rings is 1. The zero-order chi connectivity index (χ0) is 15.7. The van der Waals surface area contributed by atoms with Gasteiger partial charge in [0.1, 0.15) is 11.9 Å². The molecule has 1 fully saturated rings. The Hall–Kier alpha value is -1.25. The van der Waals surface area contributed by atoms with E-state index in [1.54, 1.807) is 11.8 Å². The van der Waals surface area contributed by atoms with Gasteiger partial charge in [0.05, 0.1) is 11.2 Å². The molecule has 6 nitrogen and oxygen atoms in total. The van der Waals surface area contributed by atoms with Gasteiger partial charge in [-0.15, -0.1) is 11.8 Å². The first-order chi connectivity index (χ1) is 10.5. The highest BCUT2D eigenvalue weighted by Crippen LogP contribution is 2.35. The minimum absolute atomic E-state index is 0.159. The fraction of sp³-hybridized carbons (Fsp3) is 0.500. The summed E-state index contributed by atoms with van der Waals surface area (Å²) in [7, 11) is -3.61. The molecule has 8 heteroatoms. The van der Waals surface area contributed by atoms with Gasteiger partial charge in [-0.05, 0) is 25.0 Å². The molecule has 0 spiro atoms. The lowest BCUT2D eigenvalue weighted by Gasteiger charge is -2.33. The first kappa shape index (κ1) is 15.6. The minimum atomic E-state index is -3.61. The monoisotopic (exact) mass is 343 g/mol. The van der Waals surface area contributed by atoms with Gasteiger partial charge < -0.3 is 9.84 Å². The molecule has 1 aliphatic heterocycles. The van der Waals surface area contributed by atoms with E-state index >= 15 is 0 Å². The zero-order valence-corrected chi connectivity index (χ0v) is 13.4. The first-order valence-corrected chi connectivity index (χ1v) is 9.60. The zero-order valence-electron chi connectivity index (χ0n) is 11.8. The van der Waals surface area contributed by atoms with Crippen molar-refractivity contribution in [1.82, 2.24) is 4.72 Å². The summed E-state index contributed by atoms with van der Waals surface area (Å²) < 4.78 is 32.6.